The molecule has 2 N–H and O–H groups in total. The lowest BCUT2D eigenvalue weighted by Gasteiger charge is -2.21. The summed E-state index contributed by atoms with van der Waals surface area (Å²) in [5.41, 5.74) is -0.211. The number of rotatable bonds is 9. The van der Waals surface area contributed by atoms with Crippen molar-refractivity contribution >= 4 is 23.8 Å². The van der Waals surface area contributed by atoms with Gasteiger partial charge in [-0.25, -0.2) is 9.18 Å². The smallest absolute Gasteiger partial charge is 0.328 e. The van der Waals surface area contributed by atoms with Crippen LogP contribution in [0.2, 0.25) is 0 Å². The van der Waals surface area contributed by atoms with E-state index < -0.39 is 48.8 Å². The van der Waals surface area contributed by atoms with Gasteiger partial charge < -0.3 is 20.1 Å². The van der Waals surface area contributed by atoms with Gasteiger partial charge in [0.25, 0.3) is 11.8 Å². The third kappa shape index (κ3) is 7.04. The monoisotopic (exact) mass is 382 g/mol. The van der Waals surface area contributed by atoms with Gasteiger partial charge in [0.05, 0.1) is 12.7 Å². The minimum absolute atomic E-state index is 0.169. The average molecular weight is 382 g/mol. The van der Waals surface area contributed by atoms with E-state index in [0.717, 1.165) is 6.07 Å². The Bertz CT molecular complexity index is 694. The minimum atomic E-state index is -0.881. The lowest BCUT2D eigenvalue weighted by molar-refractivity contribution is -0.150. The molecule has 0 aliphatic heterocycles. The highest BCUT2D eigenvalue weighted by Gasteiger charge is 2.27. The van der Waals surface area contributed by atoms with Gasteiger partial charge in [0.2, 0.25) is 0 Å². The number of methoxy groups -OCH3 is 1. The number of amides is 2. The normalized spacial score (nSPS) is 12.4. The maximum Gasteiger partial charge on any atom is 0.328 e. The molecule has 2 atom stereocenters. The van der Waals surface area contributed by atoms with E-state index in [1.807, 2.05) is 6.92 Å². The summed E-state index contributed by atoms with van der Waals surface area (Å²) in [5.74, 6) is -3.83. The van der Waals surface area contributed by atoms with E-state index in [9.17, 15) is 23.6 Å². The van der Waals surface area contributed by atoms with E-state index in [-0.39, 0.29) is 11.5 Å². The first-order chi connectivity index (χ1) is 12.8. The van der Waals surface area contributed by atoms with Crippen molar-refractivity contribution in [1.29, 1.82) is 0 Å². The molecule has 1 rings (SSSR count). The first-order valence-electron chi connectivity index (χ1n) is 8.35. The molecular weight excluding hydrogens is 359 g/mol. The Morgan fingerprint density at radius 2 is 1.85 bits per heavy atom. The Labute approximate surface area is 156 Å². The number of hydrogen-bond acceptors (Lipinski definition) is 6. The predicted molar refractivity (Wildman–Crippen MR) is 93.1 cm³/mol. The zero-order chi connectivity index (χ0) is 20.4. The summed E-state index contributed by atoms with van der Waals surface area (Å²) in [6, 6.07) is 4.44. The number of carbonyl (C=O) groups is 4. The fourth-order valence-electron chi connectivity index (χ4n) is 2.10. The van der Waals surface area contributed by atoms with Crippen LogP contribution >= 0.6 is 0 Å². The van der Waals surface area contributed by atoms with E-state index in [2.05, 4.69) is 15.4 Å². The van der Waals surface area contributed by atoms with Crippen LogP contribution in [0.25, 0.3) is 0 Å². The Balaban J connectivity index is 2.44. The van der Waals surface area contributed by atoms with Gasteiger partial charge in [-0.05, 0) is 18.1 Å². The largest absolute Gasteiger partial charge is 0.467 e. The van der Waals surface area contributed by atoms with Gasteiger partial charge in [0.15, 0.2) is 6.61 Å². The molecule has 27 heavy (non-hydrogen) atoms. The van der Waals surface area contributed by atoms with Crippen LogP contribution in [-0.4, -0.2) is 50.1 Å². The fourth-order valence-corrected chi connectivity index (χ4v) is 2.10. The number of carbonyl (C=O) groups excluding carboxylic acids is 4. The van der Waals surface area contributed by atoms with Crippen molar-refractivity contribution < 1.29 is 33.0 Å². The SMILES string of the molecule is CC[C@@H](C)[C@H](NC(=O)COC(=O)CNC(=O)c1ccccc1F)C(=O)OC. The van der Waals surface area contributed by atoms with Crippen molar-refractivity contribution in [3.8, 4) is 0 Å². The number of benzene rings is 1. The summed E-state index contributed by atoms with van der Waals surface area (Å²) >= 11 is 0. The summed E-state index contributed by atoms with van der Waals surface area (Å²) in [6.45, 7) is 2.46. The number of ether oxygens (including phenoxy) is 2. The molecule has 8 nitrogen and oxygen atoms in total. The van der Waals surface area contributed by atoms with Crippen molar-refractivity contribution in [3.05, 3.63) is 35.6 Å². The van der Waals surface area contributed by atoms with Crippen molar-refractivity contribution in [2.75, 3.05) is 20.3 Å². The van der Waals surface area contributed by atoms with Crippen molar-refractivity contribution in [3.63, 3.8) is 0 Å². The highest BCUT2D eigenvalue weighted by Crippen LogP contribution is 2.09. The minimum Gasteiger partial charge on any atom is -0.467 e. The quantitative estimate of drug-likeness (QED) is 0.612. The lowest BCUT2D eigenvalue weighted by Crippen LogP contribution is -2.47. The highest BCUT2D eigenvalue weighted by atomic mass is 19.1. The molecular formula is C18H23FN2O6. The molecule has 9 heteroatoms. The predicted octanol–water partition coefficient (Wildman–Crippen LogP) is 0.803. The van der Waals surface area contributed by atoms with E-state index in [1.165, 1.54) is 25.3 Å². The van der Waals surface area contributed by atoms with Gasteiger partial charge >= 0.3 is 11.9 Å². The average Bonchev–Trinajstić information content (AvgIpc) is 2.67. The highest BCUT2D eigenvalue weighted by molar-refractivity contribution is 5.96. The summed E-state index contributed by atoms with van der Waals surface area (Å²) in [6.07, 6.45) is 0.627. The summed E-state index contributed by atoms with van der Waals surface area (Å²) in [4.78, 5) is 47.0. The van der Waals surface area contributed by atoms with Crippen LogP contribution in [0.3, 0.4) is 0 Å². The lowest BCUT2D eigenvalue weighted by atomic mass is 9.99. The Morgan fingerprint density at radius 3 is 2.44 bits per heavy atom. The van der Waals surface area contributed by atoms with Gasteiger partial charge in [-0.1, -0.05) is 32.4 Å². The zero-order valence-electron chi connectivity index (χ0n) is 15.4. The molecule has 0 unspecified atom stereocenters. The molecule has 0 radical (unpaired) electrons. The van der Waals surface area contributed by atoms with Crippen LogP contribution in [0, 0.1) is 11.7 Å². The van der Waals surface area contributed by atoms with Crippen LogP contribution in [0.5, 0.6) is 0 Å². The van der Waals surface area contributed by atoms with E-state index >= 15 is 0 Å². The first-order valence-corrected chi connectivity index (χ1v) is 8.35. The van der Waals surface area contributed by atoms with E-state index in [0.29, 0.717) is 6.42 Å². The molecule has 1 aromatic rings. The summed E-state index contributed by atoms with van der Waals surface area (Å²) in [7, 11) is 1.21. The van der Waals surface area contributed by atoms with Crippen LogP contribution in [0.15, 0.2) is 24.3 Å². The Morgan fingerprint density at radius 1 is 1.19 bits per heavy atom. The van der Waals surface area contributed by atoms with Gasteiger partial charge in [-0.3, -0.25) is 14.4 Å². The van der Waals surface area contributed by atoms with Crippen LogP contribution in [-0.2, 0) is 23.9 Å². The first kappa shape index (κ1) is 22.1. The van der Waals surface area contributed by atoms with Gasteiger partial charge in [0, 0.05) is 0 Å². The van der Waals surface area contributed by atoms with E-state index in [4.69, 9.17) is 4.74 Å². The molecule has 0 spiro atoms. The van der Waals surface area contributed by atoms with Crippen molar-refractivity contribution in [2.24, 2.45) is 5.92 Å². The molecule has 1 aromatic carbocycles. The Kier molecular flexibility index (Phi) is 8.91. The second-order valence-corrected chi connectivity index (χ2v) is 5.78. The van der Waals surface area contributed by atoms with Crippen molar-refractivity contribution in [1.82, 2.24) is 10.6 Å². The number of hydrogen-bond donors (Lipinski definition) is 2. The summed E-state index contributed by atoms with van der Waals surface area (Å²) < 4.78 is 22.8. The molecule has 2 amide bonds. The van der Waals surface area contributed by atoms with E-state index in [1.54, 1.807) is 6.92 Å². The summed E-state index contributed by atoms with van der Waals surface area (Å²) in [5, 5.41) is 4.64. The second-order valence-electron chi connectivity index (χ2n) is 5.78. The van der Waals surface area contributed by atoms with Crippen molar-refractivity contribution in [2.45, 2.75) is 26.3 Å². The van der Waals surface area contributed by atoms with Gasteiger partial charge in [0.1, 0.15) is 18.4 Å². The Hall–Kier alpha value is -2.97. The number of nitrogens with one attached hydrogen (secondary N) is 2. The molecule has 0 aliphatic carbocycles. The maximum atomic E-state index is 13.5. The zero-order valence-corrected chi connectivity index (χ0v) is 15.4. The molecule has 0 fully saturated rings. The number of esters is 2. The van der Waals surface area contributed by atoms with Gasteiger partial charge in [-0.15, -0.1) is 0 Å². The van der Waals surface area contributed by atoms with Crippen LogP contribution < -0.4 is 10.6 Å². The van der Waals surface area contributed by atoms with Gasteiger partial charge in [-0.2, -0.15) is 0 Å². The fraction of sp³-hybridized carbons (Fsp3) is 0.444. The molecule has 0 bridgehead atoms. The standard InChI is InChI=1S/C18H23FN2O6/c1-4-11(2)16(18(25)26-3)21-14(22)10-27-15(23)9-20-17(24)12-7-5-6-8-13(12)19/h5-8,11,16H,4,9-10H2,1-3H3,(H,20,24)(H,21,22)/t11-,16+/m1/s1. The maximum absolute atomic E-state index is 13.5. The molecule has 0 heterocycles. The second kappa shape index (κ2) is 10.9. The molecule has 0 aliphatic rings. The molecule has 0 aromatic heterocycles. The topological polar surface area (TPSA) is 111 Å². The van der Waals surface area contributed by atoms with Crippen LogP contribution in [0.1, 0.15) is 30.6 Å². The number of halogens is 1. The van der Waals surface area contributed by atoms with Crippen LogP contribution in [0.4, 0.5) is 4.39 Å². The third-order valence-electron chi connectivity index (χ3n) is 3.86. The third-order valence-corrected chi connectivity index (χ3v) is 3.86. The molecule has 0 saturated heterocycles. The molecule has 0 saturated carbocycles. The molecule has 148 valence electrons.